The van der Waals surface area contributed by atoms with Crippen LogP contribution in [0.2, 0.25) is 31.7 Å². The van der Waals surface area contributed by atoms with Crippen molar-refractivity contribution in [2.75, 3.05) is 6.61 Å². The molecular weight excluding hydrogens is 264 g/mol. The highest BCUT2D eigenvalue weighted by Gasteiger charge is 2.31. The highest BCUT2D eigenvalue weighted by atomic mass is 35.6. The second-order valence-electron chi connectivity index (χ2n) is 5.26. The van der Waals surface area contributed by atoms with Crippen LogP contribution in [0.1, 0.15) is 6.92 Å². The standard InChI is InChI=1S/C13H23ClOSi2/c1-5-15-16(2,3)11-12-17(4,14)13-9-7-6-8-10-13/h6-10H,5,11-12H2,1-4H3. The third-order valence-electron chi connectivity index (χ3n) is 3.11. The maximum absolute atomic E-state index is 6.77. The molecule has 1 aromatic carbocycles. The Morgan fingerprint density at radius 3 is 2.18 bits per heavy atom. The Labute approximate surface area is 112 Å². The SMILES string of the molecule is CCO[Si](C)(C)CC[Si](C)(Cl)c1ccccc1. The molecule has 0 aliphatic carbocycles. The number of halogens is 1. The summed E-state index contributed by atoms with van der Waals surface area (Å²) >= 11 is 6.77. The van der Waals surface area contributed by atoms with Crippen LogP contribution in [0.3, 0.4) is 0 Å². The Kier molecular flexibility index (Phi) is 5.44. The van der Waals surface area contributed by atoms with Gasteiger partial charge < -0.3 is 4.43 Å². The van der Waals surface area contributed by atoms with E-state index < -0.39 is 15.7 Å². The minimum Gasteiger partial charge on any atom is -0.418 e. The molecule has 0 spiro atoms. The maximum atomic E-state index is 6.77. The summed E-state index contributed by atoms with van der Waals surface area (Å²) in [6.07, 6.45) is 0. The van der Waals surface area contributed by atoms with Crippen molar-refractivity contribution in [3.05, 3.63) is 30.3 Å². The number of hydrogen-bond donors (Lipinski definition) is 0. The van der Waals surface area contributed by atoms with Crippen molar-refractivity contribution >= 4 is 32.0 Å². The van der Waals surface area contributed by atoms with Gasteiger partial charge in [-0.05, 0) is 37.3 Å². The van der Waals surface area contributed by atoms with Crippen molar-refractivity contribution in [3.8, 4) is 0 Å². The van der Waals surface area contributed by atoms with Gasteiger partial charge in [0.1, 0.15) is 0 Å². The molecule has 0 radical (unpaired) electrons. The Hall–Kier alpha value is -0.0962. The van der Waals surface area contributed by atoms with Gasteiger partial charge in [0, 0.05) is 6.61 Å². The number of hydrogen-bond acceptors (Lipinski definition) is 1. The van der Waals surface area contributed by atoms with Gasteiger partial charge in [0.15, 0.2) is 15.7 Å². The van der Waals surface area contributed by atoms with Crippen LogP contribution in [0.5, 0.6) is 0 Å². The van der Waals surface area contributed by atoms with Crippen LogP contribution in [0.4, 0.5) is 0 Å². The fourth-order valence-electron chi connectivity index (χ4n) is 1.93. The van der Waals surface area contributed by atoms with Crippen LogP contribution in [-0.2, 0) is 4.43 Å². The summed E-state index contributed by atoms with van der Waals surface area (Å²) in [5.41, 5.74) is 0. The summed E-state index contributed by atoms with van der Waals surface area (Å²) in [7, 11) is -3.29. The van der Waals surface area contributed by atoms with Crippen molar-refractivity contribution in [2.45, 2.75) is 38.7 Å². The molecule has 0 saturated heterocycles. The van der Waals surface area contributed by atoms with Gasteiger partial charge in [-0.15, -0.1) is 0 Å². The molecule has 1 atom stereocenters. The van der Waals surface area contributed by atoms with Crippen molar-refractivity contribution in [3.63, 3.8) is 0 Å². The summed E-state index contributed by atoms with van der Waals surface area (Å²) < 4.78 is 5.86. The first-order chi connectivity index (χ1) is 7.87. The second kappa shape index (κ2) is 6.18. The van der Waals surface area contributed by atoms with Gasteiger partial charge in [0.05, 0.1) is 0 Å². The summed E-state index contributed by atoms with van der Waals surface area (Å²) in [4.78, 5) is 0. The van der Waals surface area contributed by atoms with Crippen molar-refractivity contribution in [2.24, 2.45) is 0 Å². The molecule has 1 nitrogen and oxygen atoms in total. The summed E-state index contributed by atoms with van der Waals surface area (Å²) in [5.74, 6) is 0. The molecular formula is C13H23ClOSi2. The van der Waals surface area contributed by atoms with Gasteiger partial charge in [0.2, 0.25) is 0 Å². The van der Waals surface area contributed by atoms with Crippen LogP contribution in [-0.4, -0.2) is 22.3 Å². The van der Waals surface area contributed by atoms with E-state index in [4.69, 9.17) is 15.5 Å². The summed E-state index contributed by atoms with van der Waals surface area (Å²) in [6.45, 7) is 9.69. The van der Waals surface area contributed by atoms with E-state index in [0.717, 1.165) is 18.7 Å². The predicted octanol–water partition coefficient (Wildman–Crippen LogP) is 3.95. The molecule has 0 aromatic heterocycles. The minimum absolute atomic E-state index is 0.825. The monoisotopic (exact) mass is 286 g/mol. The summed E-state index contributed by atoms with van der Waals surface area (Å²) in [6, 6.07) is 12.8. The highest BCUT2D eigenvalue weighted by Crippen LogP contribution is 2.23. The molecule has 0 fully saturated rings. The molecule has 0 aliphatic heterocycles. The Balaban J connectivity index is 2.62. The second-order valence-corrected chi connectivity index (χ2v) is 15.5. The molecule has 4 heteroatoms. The molecule has 0 heterocycles. The minimum atomic E-state index is -1.79. The number of rotatable bonds is 6. The molecule has 0 aliphatic rings. The normalized spacial score (nSPS) is 15.6. The molecule has 0 N–H and O–H groups in total. The topological polar surface area (TPSA) is 9.23 Å². The van der Waals surface area contributed by atoms with Gasteiger partial charge in [-0.25, -0.2) is 0 Å². The van der Waals surface area contributed by atoms with Crippen LogP contribution in [0.15, 0.2) is 30.3 Å². The predicted molar refractivity (Wildman–Crippen MR) is 82.3 cm³/mol. The fraction of sp³-hybridized carbons (Fsp3) is 0.538. The lowest BCUT2D eigenvalue weighted by Crippen LogP contribution is -2.41. The van der Waals surface area contributed by atoms with Gasteiger partial charge >= 0.3 is 0 Å². The molecule has 0 saturated carbocycles. The summed E-state index contributed by atoms with van der Waals surface area (Å²) in [5, 5.41) is 1.34. The van der Waals surface area contributed by atoms with E-state index in [1.54, 1.807) is 0 Å². The third-order valence-corrected chi connectivity index (χ3v) is 10.1. The maximum Gasteiger partial charge on any atom is 0.186 e. The average Bonchev–Trinajstić information content (AvgIpc) is 2.28. The van der Waals surface area contributed by atoms with E-state index >= 15 is 0 Å². The van der Waals surface area contributed by atoms with Gasteiger partial charge in [-0.2, -0.15) is 11.1 Å². The van der Waals surface area contributed by atoms with Crippen molar-refractivity contribution in [1.82, 2.24) is 0 Å². The zero-order valence-electron chi connectivity index (χ0n) is 11.3. The average molecular weight is 287 g/mol. The van der Waals surface area contributed by atoms with Gasteiger partial charge in [0.25, 0.3) is 0 Å². The van der Waals surface area contributed by atoms with E-state index in [1.165, 1.54) is 5.19 Å². The molecule has 96 valence electrons. The lowest BCUT2D eigenvalue weighted by atomic mass is 10.4. The van der Waals surface area contributed by atoms with Gasteiger partial charge in [-0.3, -0.25) is 0 Å². The zero-order chi connectivity index (χ0) is 12.9. The van der Waals surface area contributed by atoms with E-state index in [2.05, 4.69) is 50.8 Å². The first kappa shape index (κ1) is 15.0. The Morgan fingerprint density at radius 1 is 1.06 bits per heavy atom. The van der Waals surface area contributed by atoms with E-state index in [9.17, 15) is 0 Å². The molecule has 1 aromatic rings. The Bertz CT molecular complexity index is 339. The molecule has 17 heavy (non-hydrogen) atoms. The molecule has 1 rings (SSSR count). The van der Waals surface area contributed by atoms with Crippen molar-refractivity contribution < 1.29 is 4.43 Å². The largest absolute Gasteiger partial charge is 0.418 e. The van der Waals surface area contributed by atoms with Crippen LogP contribution < -0.4 is 5.19 Å². The van der Waals surface area contributed by atoms with Crippen molar-refractivity contribution in [1.29, 1.82) is 0 Å². The fourth-order valence-corrected chi connectivity index (χ4v) is 9.55. The molecule has 1 unspecified atom stereocenters. The third kappa shape index (κ3) is 4.96. The van der Waals surface area contributed by atoms with Gasteiger partial charge in [-0.1, -0.05) is 36.9 Å². The molecule has 0 bridgehead atoms. The quantitative estimate of drug-likeness (QED) is 0.568. The van der Waals surface area contributed by atoms with E-state index in [1.807, 2.05) is 6.07 Å². The lowest BCUT2D eigenvalue weighted by Gasteiger charge is -2.26. The highest BCUT2D eigenvalue weighted by molar-refractivity contribution is 7.27. The van der Waals surface area contributed by atoms with Crippen LogP contribution >= 0.6 is 11.1 Å². The first-order valence-corrected chi connectivity index (χ1v) is 13.1. The van der Waals surface area contributed by atoms with E-state index in [0.29, 0.717) is 0 Å². The molecule has 0 amide bonds. The Morgan fingerprint density at radius 2 is 1.65 bits per heavy atom. The zero-order valence-corrected chi connectivity index (χ0v) is 14.1. The first-order valence-electron chi connectivity index (χ1n) is 6.26. The van der Waals surface area contributed by atoms with Crippen LogP contribution in [0, 0.1) is 0 Å². The van der Waals surface area contributed by atoms with E-state index in [-0.39, 0.29) is 0 Å². The smallest absolute Gasteiger partial charge is 0.186 e. The number of benzene rings is 1. The lowest BCUT2D eigenvalue weighted by molar-refractivity contribution is 0.330. The van der Waals surface area contributed by atoms with Crippen LogP contribution in [0.25, 0.3) is 0 Å².